The van der Waals surface area contributed by atoms with Crippen molar-refractivity contribution in [1.82, 2.24) is 15.5 Å². The number of methoxy groups -OCH3 is 2. The first-order valence-corrected chi connectivity index (χ1v) is 10.6. The predicted molar refractivity (Wildman–Crippen MR) is 119 cm³/mol. The van der Waals surface area contributed by atoms with Gasteiger partial charge in [-0.1, -0.05) is 12.1 Å². The van der Waals surface area contributed by atoms with Crippen molar-refractivity contribution < 1.29 is 18.7 Å². The van der Waals surface area contributed by atoms with Crippen LogP contribution in [0.5, 0.6) is 11.5 Å². The van der Waals surface area contributed by atoms with Gasteiger partial charge in [-0.05, 0) is 68.1 Å². The van der Waals surface area contributed by atoms with Gasteiger partial charge in [0.2, 0.25) is 0 Å². The van der Waals surface area contributed by atoms with Crippen molar-refractivity contribution in [3.63, 3.8) is 0 Å². The Hall–Kier alpha value is -2.80. The molecule has 1 aliphatic rings. The van der Waals surface area contributed by atoms with E-state index in [2.05, 4.69) is 15.5 Å². The molecule has 2 amide bonds. The van der Waals surface area contributed by atoms with Crippen LogP contribution in [-0.4, -0.2) is 43.8 Å². The molecule has 0 aliphatic carbocycles. The van der Waals surface area contributed by atoms with E-state index in [1.165, 1.54) is 6.07 Å². The first-order chi connectivity index (χ1) is 14.8. The van der Waals surface area contributed by atoms with Gasteiger partial charge in [-0.15, -0.1) is 0 Å². The second-order valence-electron chi connectivity index (χ2n) is 8.26. The highest BCUT2D eigenvalue weighted by molar-refractivity contribution is 5.74. The summed E-state index contributed by atoms with van der Waals surface area (Å²) in [6.07, 6.45) is 0.826. The quantitative estimate of drug-likeness (QED) is 0.697. The molecule has 0 spiro atoms. The Bertz CT molecular complexity index is 919. The number of carbonyl (C=O) groups is 1. The number of nitrogens with zero attached hydrogens (tertiary/aromatic N) is 1. The zero-order valence-electron chi connectivity index (χ0n) is 18.9. The molecule has 2 aromatic carbocycles. The van der Waals surface area contributed by atoms with Crippen molar-refractivity contribution in [2.24, 2.45) is 0 Å². The van der Waals surface area contributed by atoms with Crippen molar-refractivity contribution in [3.8, 4) is 11.5 Å². The zero-order chi connectivity index (χ0) is 22.5. The number of nitrogens with one attached hydrogen (secondary N) is 2. The Morgan fingerprint density at radius 1 is 1.13 bits per heavy atom. The highest BCUT2D eigenvalue weighted by atomic mass is 19.1. The fraction of sp³-hybridized carbons (Fsp3) is 0.458. The summed E-state index contributed by atoms with van der Waals surface area (Å²) in [5.41, 5.74) is 3.14. The molecule has 1 heterocycles. The first kappa shape index (κ1) is 22.9. The molecule has 2 aromatic rings. The minimum absolute atomic E-state index is 0.0404. The molecular formula is C24H32FN3O3. The fourth-order valence-electron chi connectivity index (χ4n) is 4.25. The van der Waals surface area contributed by atoms with E-state index >= 15 is 0 Å². The van der Waals surface area contributed by atoms with E-state index in [0.717, 1.165) is 29.7 Å². The maximum atomic E-state index is 13.8. The SMILES string of the molecule is COc1cc2c(cc1OC)C(C(C)NC(=O)NC(C)C)N(Cc1cccc(F)c1)CC2. The highest BCUT2D eigenvalue weighted by Gasteiger charge is 2.34. The minimum atomic E-state index is -0.250. The summed E-state index contributed by atoms with van der Waals surface area (Å²) in [6.45, 7) is 7.20. The number of amides is 2. The van der Waals surface area contributed by atoms with Crippen LogP contribution in [0.4, 0.5) is 9.18 Å². The molecule has 1 aliphatic heterocycles. The average Bonchev–Trinajstić information content (AvgIpc) is 2.71. The third-order valence-electron chi connectivity index (χ3n) is 5.55. The van der Waals surface area contributed by atoms with Gasteiger partial charge >= 0.3 is 6.03 Å². The van der Waals surface area contributed by atoms with Gasteiger partial charge in [-0.25, -0.2) is 9.18 Å². The van der Waals surface area contributed by atoms with Crippen molar-refractivity contribution in [2.75, 3.05) is 20.8 Å². The van der Waals surface area contributed by atoms with Crippen molar-refractivity contribution >= 4 is 6.03 Å². The summed E-state index contributed by atoms with van der Waals surface area (Å²) in [7, 11) is 3.24. The molecular weight excluding hydrogens is 397 g/mol. The molecule has 0 saturated carbocycles. The zero-order valence-corrected chi connectivity index (χ0v) is 18.9. The van der Waals surface area contributed by atoms with E-state index < -0.39 is 0 Å². The molecule has 0 saturated heterocycles. The number of carbonyl (C=O) groups excluding carboxylic acids is 1. The highest BCUT2D eigenvalue weighted by Crippen LogP contribution is 2.40. The summed E-state index contributed by atoms with van der Waals surface area (Å²) >= 11 is 0. The van der Waals surface area contributed by atoms with Crippen molar-refractivity contribution in [3.05, 3.63) is 58.9 Å². The smallest absolute Gasteiger partial charge is 0.315 e. The normalized spacial score (nSPS) is 17.1. The molecule has 0 aromatic heterocycles. The Morgan fingerprint density at radius 3 is 2.48 bits per heavy atom. The number of hydrogen-bond acceptors (Lipinski definition) is 4. The second-order valence-corrected chi connectivity index (χ2v) is 8.26. The largest absolute Gasteiger partial charge is 0.493 e. The van der Waals surface area contributed by atoms with E-state index in [4.69, 9.17) is 9.47 Å². The molecule has 2 atom stereocenters. The molecule has 2 unspecified atom stereocenters. The summed E-state index contributed by atoms with van der Waals surface area (Å²) in [6, 6.07) is 10.2. The standard InChI is InChI=1S/C24H32FN3O3/c1-15(2)26-24(29)27-16(3)23-20-13-22(31-5)21(30-4)12-18(20)9-10-28(23)14-17-7-6-8-19(25)11-17/h6-8,11-13,15-16,23H,9-10,14H2,1-5H3,(H2,26,27,29). The van der Waals surface area contributed by atoms with Gasteiger partial charge in [-0.3, -0.25) is 4.90 Å². The van der Waals surface area contributed by atoms with Gasteiger partial charge in [0.25, 0.3) is 0 Å². The number of hydrogen-bond donors (Lipinski definition) is 2. The third-order valence-corrected chi connectivity index (χ3v) is 5.55. The molecule has 168 valence electrons. The fourth-order valence-corrected chi connectivity index (χ4v) is 4.25. The van der Waals surface area contributed by atoms with Crippen LogP contribution in [0.2, 0.25) is 0 Å². The number of benzene rings is 2. The molecule has 31 heavy (non-hydrogen) atoms. The van der Waals surface area contributed by atoms with Crippen LogP contribution in [-0.2, 0) is 13.0 Å². The van der Waals surface area contributed by atoms with Gasteiger partial charge in [-0.2, -0.15) is 0 Å². The summed E-state index contributed by atoms with van der Waals surface area (Å²) in [5.74, 6) is 1.09. The van der Waals surface area contributed by atoms with Crippen molar-refractivity contribution in [1.29, 1.82) is 0 Å². The number of halogens is 1. The molecule has 0 radical (unpaired) electrons. The molecule has 6 nitrogen and oxygen atoms in total. The summed E-state index contributed by atoms with van der Waals surface area (Å²) < 4.78 is 24.8. The number of urea groups is 1. The van der Waals surface area contributed by atoms with E-state index in [1.807, 2.05) is 39.0 Å². The lowest BCUT2D eigenvalue weighted by atomic mass is 9.87. The van der Waals surface area contributed by atoms with Gasteiger partial charge in [0.15, 0.2) is 11.5 Å². The topological polar surface area (TPSA) is 62.8 Å². The average molecular weight is 430 g/mol. The predicted octanol–water partition coefficient (Wildman–Crippen LogP) is 4.04. The van der Waals surface area contributed by atoms with Gasteiger partial charge in [0.1, 0.15) is 5.82 Å². The lowest BCUT2D eigenvalue weighted by Crippen LogP contribution is -2.50. The summed E-state index contributed by atoms with van der Waals surface area (Å²) in [5, 5.41) is 5.96. The van der Waals surface area contributed by atoms with Crippen LogP contribution >= 0.6 is 0 Å². The van der Waals surface area contributed by atoms with E-state index in [1.54, 1.807) is 26.4 Å². The molecule has 2 N–H and O–H groups in total. The van der Waals surface area contributed by atoms with Gasteiger partial charge in [0, 0.05) is 25.2 Å². The lowest BCUT2D eigenvalue weighted by Gasteiger charge is -2.41. The van der Waals surface area contributed by atoms with Gasteiger partial charge in [0.05, 0.1) is 20.3 Å². The third kappa shape index (κ3) is 5.47. The number of ether oxygens (including phenoxy) is 2. The van der Waals surface area contributed by atoms with Crippen LogP contribution in [0.15, 0.2) is 36.4 Å². The van der Waals surface area contributed by atoms with E-state index in [-0.39, 0.29) is 30.0 Å². The van der Waals surface area contributed by atoms with E-state index in [9.17, 15) is 9.18 Å². The maximum Gasteiger partial charge on any atom is 0.315 e. The number of rotatable bonds is 7. The first-order valence-electron chi connectivity index (χ1n) is 10.6. The second kappa shape index (κ2) is 10.0. The Morgan fingerprint density at radius 2 is 1.84 bits per heavy atom. The molecule has 0 bridgehead atoms. The van der Waals surface area contributed by atoms with Crippen molar-refractivity contribution in [2.45, 2.75) is 51.9 Å². The van der Waals surface area contributed by atoms with E-state index in [0.29, 0.717) is 18.0 Å². The number of fused-ring (bicyclic) bond motifs is 1. The van der Waals surface area contributed by atoms with Crippen LogP contribution in [0, 0.1) is 5.82 Å². The van der Waals surface area contributed by atoms with Gasteiger partial charge < -0.3 is 20.1 Å². The van der Waals surface area contributed by atoms with Crippen LogP contribution in [0.25, 0.3) is 0 Å². The minimum Gasteiger partial charge on any atom is -0.493 e. The van der Waals surface area contributed by atoms with Crippen LogP contribution < -0.4 is 20.1 Å². The Kier molecular flexibility index (Phi) is 7.38. The Labute approximate surface area is 183 Å². The Balaban J connectivity index is 1.96. The van der Waals surface area contributed by atoms with Crippen LogP contribution in [0.1, 0.15) is 43.5 Å². The molecule has 0 fully saturated rings. The monoisotopic (exact) mass is 429 g/mol. The maximum absolute atomic E-state index is 13.8. The molecule has 7 heteroatoms. The van der Waals surface area contributed by atoms with Crippen LogP contribution in [0.3, 0.4) is 0 Å². The summed E-state index contributed by atoms with van der Waals surface area (Å²) in [4.78, 5) is 14.7. The lowest BCUT2D eigenvalue weighted by molar-refractivity contribution is 0.143. The molecule has 3 rings (SSSR count).